The fraction of sp³-hybridized carbons (Fsp3) is 0.136. The third-order valence-electron chi connectivity index (χ3n) is 4.15. The van der Waals surface area contributed by atoms with Gasteiger partial charge in [-0.25, -0.2) is 12.8 Å². The van der Waals surface area contributed by atoms with Gasteiger partial charge in [-0.1, -0.05) is 36.4 Å². The van der Waals surface area contributed by atoms with Crippen molar-refractivity contribution in [3.63, 3.8) is 0 Å². The van der Waals surface area contributed by atoms with Crippen LogP contribution in [0, 0.1) is 5.82 Å². The minimum Gasteiger partial charge on any atom is -0.491 e. The maximum atomic E-state index is 13.8. The maximum absolute atomic E-state index is 13.8. The SMILES string of the molecule is C[C@H](COc1ccccc1)NC(=O)c1cccc(S(=O)(=O)Nc2ccccc2F)c1. The van der Waals surface area contributed by atoms with Crippen LogP contribution in [0.1, 0.15) is 17.3 Å². The molecule has 2 N–H and O–H groups in total. The van der Waals surface area contributed by atoms with Gasteiger partial charge in [-0.05, 0) is 49.4 Å². The second kappa shape index (κ2) is 9.41. The molecule has 0 aliphatic heterocycles. The van der Waals surface area contributed by atoms with Crippen LogP contribution in [0.2, 0.25) is 0 Å². The van der Waals surface area contributed by atoms with E-state index in [0.29, 0.717) is 5.75 Å². The lowest BCUT2D eigenvalue weighted by atomic mass is 10.2. The van der Waals surface area contributed by atoms with E-state index in [-0.39, 0.29) is 28.8 Å². The Morgan fingerprint density at radius 2 is 1.70 bits per heavy atom. The van der Waals surface area contributed by atoms with E-state index in [1.165, 1.54) is 42.5 Å². The van der Waals surface area contributed by atoms with Gasteiger partial charge in [0.1, 0.15) is 18.2 Å². The lowest BCUT2D eigenvalue weighted by molar-refractivity contribution is 0.0926. The predicted octanol–water partition coefficient (Wildman–Crippen LogP) is 3.82. The van der Waals surface area contributed by atoms with E-state index < -0.39 is 21.7 Å². The molecule has 1 amide bonds. The molecule has 0 saturated carbocycles. The van der Waals surface area contributed by atoms with Gasteiger partial charge in [0.15, 0.2) is 0 Å². The fourth-order valence-corrected chi connectivity index (χ4v) is 3.75. The molecule has 0 radical (unpaired) electrons. The van der Waals surface area contributed by atoms with Gasteiger partial charge in [-0.3, -0.25) is 9.52 Å². The van der Waals surface area contributed by atoms with E-state index in [1.807, 2.05) is 30.3 Å². The van der Waals surface area contributed by atoms with Crippen molar-refractivity contribution in [2.75, 3.05) is 11.3 Å². The lowest BCUT2D eigenvalue weighted by Crippen LogP contribution is -2.36. The van der Waals surface area contributed by atoms with Crippen LogP contribution in [0.25, 0.3) is 0 Å². The minimum absolute atomic E-state index is 0.147. The third kappa shape index (κ3) is 5.57. The number of ether oxygens (including phenoxy) is 1. The normalized spacial score (nSPS) is 12.1. The van der Waals surface area contributed by atoms with Gasteiger partial charge >= 0.3 is 0 Å². The Balaban J connectivity index is 1.66. The van der Waals surface area contributed by atoms with Crippen LogP contribution in [0.5, 0.6) is 5.75 Å². The van der Waals surface area contributed by atoms with Crippen LogP contribution in [-0.4, -0.2) is 27.0 Å². The summed E-state index contributed by atoms with van der Waals surface area (Å²) in [6, 6.07) is 19.9. The molecule has 0 bridgehead atoms. The molecule has 0 aliphatic rings. The van der Waals surface area contributed by atoms with Crippen molar-refractivity contribution in [2.45, 2.75) is 17.9 Å². The molecule has 0 aromatic heterocycles. The number of hydrogen-bond acceptors (Lipinski definition) is 4. The molecule has 3 aromatic carbocycles. The number of carbonyl (C=O) groups is 1. The highest BCUT2D eigenvalue weighted by atomic mass is 32.2. The zero-order chi connectivity index (χ0) is 21.6. The van der Waals surface area contributed by atoms with Gasteiger partial charge in [0, 0.05) is 5.56 Å². The van der Waals surface area contributed by atoms with Crippen molar-refractivity contribution in [1.29, 1.82) is 0 Å². The van der Waals surface area contributed by atoms with E-state index in [4.69, 9.17) is 4.74 Å². The van der Waals surface area contributed by atoms with Crippen LogP contribution >= 0.6 is 0 Å². The molecule has 0 unspecified atom stereocenters. The van der Waals surface area contributed by atoms with Gasteiger partial charge in [-0.2, -0.15) is 0 Å². The number of rotatable bonds is 8. The molecular weight excluding hydrogens is 407 g/mol. The van der Waals surface area contributed by atoms with E-state index in [0.717, 1.165) is 6.07 Å². The number of anilines is 1. The van der Waals surface area contributed by atoms with Crippen LogP contribution in [0.15, 0.2) is 83.8 Å². The molecule has 0 fully saturated rings. The Kier molecular flexibility index (Phi) is 6.68. The second-order valence-electron chi connectivity index (χ2n) is 6.61. The van der Waals surface area contributed by atoms with Crippen LogP contribution in [0.4, 0.5) is 10.1 Å². The summed E-state index contributed by atoms with van der Waals surface area (Å²) < 4.78 is 46.7. The lowest BCUT2D eigenvalue weighted by Gasteiger charge is -2.15. The van der Waals surface area contributed by atoms with Crippen molar-refractivity contribution >= 4 is 21.6 Å². The fourth-order valence-electron chi connectivity index (χ4n) is 2.64. The first kappa shape index (κ1) is 21.3. The van der Waals surface area contributed by atoms with Crippen LogP contribution in [0.3, 0.4) is 0 Å². The zero-order valence-corrected chi connectivity index (χ0v) is 17.0. The number of hydrogen-bond donors (Lipinski definition) is 2. The maximum Gasteiger partial charge on any atom is 0.262 e. The average molecular weight is 428 g/mol. The highest BCUT2D eigenvalue weighted by Gasteiger charge is 2.18. The summed E-state index contributed by atoms with van der Waals surface area (Å²) in [5.41, 5.74) is -0.00277. The van der Waals surface area contributed by atoms with E-state index in [1.54, 1.807) is 6.92 Å². The smallest absolute Gasteiger partial charge is 0.262 e. The van der Waals surface area contributed by atoms with Crippen molar-refractivity contribution < 1.29 is 22.3 Å². The minimum atomic E-state index is -4.06. The molecule has 8 heteroatoms. The molecule has 1 atom stereocenters. The topological polar surface area (TPSA) is 84.5 Å². The van der Waals surface area contributed by atoms with E-state index >= 15 is 0 Å². The Morgan fingerprint density at radius 1 is 1.00 bits per heavy atom. The summed E-state index contributed by atoms with van der Waals surface area (Å²) in [6.45, 7) is 2.03. The summed E-state index contributed by atoms with van der Waals surface area (Å²) in [5, 5.41) is 2.76. The number of halogens is 1. The number of benzene rings is 3. The summed E-state index contributed by atoms with van der Waals surface area (Å²) in [5.74, 6) is -0.449. The van der Waals surface area contributed by atoms with E-state index in [2.05, 4.69) is 10.0 Å². The number of nitrogens with one attached hydrogen (secondary N) is 2. The summed E-state index contributed by atoms with van der Waals surface area (Å²) in [4.78, 5) is 12.4. The van der Waals surface area contributed by atoms with Crippen molar-refractivity contribution in [3.05, 3.63) is 90.2 Å². The predicted molar refractivity (Wildman–Crippen MR) is 113 cm³/mol. The van der Waals surface area contributed by atoms with Gasteiger partial charge in [0.2, 0.25) is 0 Å². The Bertz CT molecular complexity index is 1120. The molecule has 6 nitrogen and oxygen atoms in total. The molecule has 156 valence electrons. The Labute approximate surface area is 174 Å². The summed E-state index contributed by atoms with van der Waals surface area (Å²) in [7, 11) is -4.06. The molecular formula is C22H21FN2O4S. The largest absolute Gasteiger partial charge is 0.491 e. The Hall–Kier alpha value is -3.39. The summed E-state index contributed by atoms with van der Waals surface area (Å²) in [6.07, 6.45) is 0. The second-order valence-corrected chi connectivity index (χ2v) is 8.29. The van der Waals surface area contributed by atoms with Gasteiger partial charge < -0.3 is 10.1 Å². The highest BCUT2D eigenvalue weighted by Crippen LogP contribution is 2.19. The molecule has 0 saturated heterocycles. The third-order valence-corrected chi connectivity index (χ3v) is 5.51. The molecule has 30 heavy (non-hydrogen) atoms. The van der Waals surface area contributed by atoms with Crippen molar-refractivity contribution in [3.8, 4) is 5.75 Å². The van der Waals surface area contributed by atoms with Gasteiger partial charge in [-0.15, -0.1) is 0 Å². The Morgan fingerprint density at radius 3 is 2.43 bits per heavy atom. The first-order valence-corrected chi connectivity index (χ1v) is 10.7. The number of para-hydroxylation sites is 2. The molecule has 0 spiro atoms. The first-order chi connectivity index (χ1) is 14.3. The van der Waals surface area contributed by atoms with E-state index in [9.17, 15) is 17.6 Å². The van der Waals surface area contributed by atoms with Crippen LogP contribution < -0.4 is 14.8 Å². The number of amides is 1. The van der Waals surface area contributed by atoms with Crippen LogP contribution in [-0.2, 0) is 10.0 Å². The molecule has 0 aliphatic carbocycles. The van der Waals surface area contributed by atoms with Crippen molar-refractivity contribution in [1.82, 2.24) is 5.32 Å². The first-order valence-electron chi connectivity index (χ1n) is 9.21. The van der Waals surface area contributed by atoms with Gasteiger partial charge in [0.25, 0.3) is 15.9 Å². The van der Waals surface area contributed by atoms with Crippen molar-refractivity contribution in [2.24, 2.45) is 0 Å². The molecule has 3 rings (SSSR count). The highest BCUT2D eigenvalue weighted by molar-refractivity contribution is 7.92. The number of sulfonamides is 1. The molecule has 0 heterocycles. The van der Waals surface area contributed by atoms with Gasteiger partial charge in [0.05, 0.1) is 16.6 Å². The monoisotopic (exact) mass is 428 g/mol. The average Bonchev–Trinajstić information content (AvgIpc) is 2.74. The number of carbonyl (C=O) groups excluding carboxylic acids is 1. The molecule has 3 aromatic rings. The standard InChI is InChI=1S/C22H21FN2O4S/c1-16(15-29-18-9-3-2-4-10-18)24-22(26)17-8-7-11-19(14-17)30(27,28)25-21-13-6-5-12-20(21)23/h2-14,16,25H,15H2,1H3,(H,24,26)/t16-/m1/s1. The zero-order valence-electron chi connectivity index (χ0n) is 16.2. The summed E-state index contributed by atoms with van der Waals surface area (Å²) >= 11 is 0. The quantitative estimate of drug-likeness (QED) is 0.571.